The lowest BCUT2D eigenvalue weighted by Crippen LogP contribution is -2.54. The molecular weight excluding hydrogens is 298 g/mol. The van der Waals surface area contributed by atoms with Gasteiger partial charge in [-0.2, -0.15) is 0 Å². The van der Waals surface area contributed by atoms with Crippen molar-refractivity contribution in [2.24, 2.45) is 5.73 Å². The van der Waals surface area contributed by atoms with Crippen LogP contribution in [0.1, 0.15) is 44.1 Å². The van der Waals surface area contributed by atoms with Crippen LogP contribution in [0.3, 0.4) is 0 Å². The highest BCUT2D eigenvalue weighted by Gasteiger charge is 2.35. The number of amides is 2. The highest BCUT2D eigenvalue weighted by molar-refractivity contribution is 5.90. The van der Waals surface area contributed by atoms with E-state index in [-0.39, 0.29) is 11.7 Å². The number of anilines is 1. The van der Waals surface area contributed by atoms with E-state index in [2.05, 4.69) is 9.97 Å². The SMILES string of the molecule is CC(C)(C)N(C(=O)O)C1CCN(c2nccc(C(N)=O)n2)CC1. The van der Waals surface area contributed by atoms with Crippen molar-refractivity contribution in [3.05, 3.63) is 18.0 Å². The van der Waals surface area contributed by atoms with Crippen molar-refractivity contribution in [1.82, 2.24) is 14.9 Å². The minimum Gasteiger partial charge on any atom is -0.465 e. The molecule has 0 aromatic carbocycles. The molecule has 0 unspecified atom stereocenters. The standard InChI is InChI=1S/C15H23N5O3/c1-15(2,3)20(14(22)23)10-5-8-19(9-6-10)13-17-7-4-11(18-13)12(16)21/h4,7,10H,5-6,8-9H2,1-3H3,(H2,16,21)(H,22,23). The van der Waals surface area contributed by atoms with E-state index < -0.39 is 17.5 Å². The fourth-order valence-electron chi connectivity index (χ4n) is 2.95. The Morgan fingerprint density at radius 3 is 2.43 bits per heavy atom. The Kier molecular flexibility index (Phi) is 4.72. The summed E-state index contributed by atoms with van der Waals surface area (Å²) in [5.41, 5.74) is 4.97. The zero-order valence-electron chi connectivity index (χ0n) is 13.7. The molecular formula is C15H23N5O3. The van der Waals surface area contributed by atoms with Crippen LogP contribution in [0.25, 0.3) is 0 Å². The van der Waals surface area contributed by atoms with Gasteiger partial charge < -0.3 is 20.6 Å². The molecule has 0 radical (unpaired) electrons. The van der Waals surface area contributed by atoms with Crippen LogP contribution < -0.4 is 10.6 Å². The Morgan fingerprint density at radius 1 is 1.35 bits per heavy atom. The third-order valence-corrected chi connectivity index (χ3v) is 3.94. The van der Waals surface area contributed by atoms with Gasteiger partial charge in [-0.15, -0.1) is 0 Å². The summed E-state index contributed by atoms with van der Waals surface area (Å²) in [6.45, 7) is 6.95. The smallest absolute Gasteiger partial charge is 0.407 e. The second kappa shape index (κ2) is 6.39. The summed E-state index contributed by atoms with van der Waals surface area (Å²) in [6.07, 6.45) is 1.98. The number of nitrogens with two attached hydrogens (primary N) is 1. The van der Waals surface area contributed by atoms with Crippen LogP contribution >= 0.6 is 0 Å². The van der Waals surface area contributed by atoms with Crippen LogP contribution in [0, 0.1) is 0 Å². The first-order valence-electron chi connectivity index (χ1n) is 7.60. The maximum atomic E-state index is 11.6. The predicted octanol–water partition coefficient (Wildman–Crippen LogP) is 1.32. The number of primary amides is 1. The van der Waals surface area contributed by atoms with E-state index in [0.29, 0.717) is 31.9 Å². The molecule has 8 nitrogen and oxygen atoms in total. The Bertz CT molecular complexity index is 591. The van der Waals surface area contributed by atoms with E-state index in [1.54, 1.807) is 0 Å². The fourth-order valence-corrected chi connectivity index (χ4v) is 2.95. The van der Waals surface area contributed by atoms with Crippen molar-refractivity contribution >= 4 is 17.9 Å². The van der Waals surface area contributed by atoms with Crippen LogP contribution in [-0.4, -0.2) is 56.6 Å². The van der Waals surface area contributed by atoms with Gasteiger partial charge in [-0.1, -0.05) is 0 Å². The molecule has 1 fully saturated rings. The Balaban J connectivity index is 2.07. The second-order valence-electron chi connectivity index (χ2n) is 6.65. The Hall–Kier alpha value is -2.38. The van der Waals surface area contributed by atoms with Crippen LogP contribution in [0.5, 0.6) is 0 Å². The topological polar surface area (TPSA) is 113 Å². The number of aromatic nitrogens is 2. The van der Waals surface area contributed by atoms with Gasteiger partial charge in [0, 0.05) is 30.9 Å². The zero-order valence-corrected chi connectivity index (χ0v) is 13.7. The molecule has 1 aliphatic rings. The summed E-state index contributed by atoms with van der Waals surface area (Å²) in [6, 6.07) is 1.44. The van der Waals surface area contributed by atoms with Crippen LogP contribution in [0.2, 0.25) is 0 Å². The van der Waals surface area contributed by atoms with Crippen molar-refractivity contribution in [1.29, 1.82) is 0 Å². The average Bonchev–Trinajstić information content (AvgIpc) is 2.46. The van der Waals surface area contributed by atoms with Crippen LogP contribution in [0.15, 0.2) is 12.3 Å². The lowest BCUT2D eigenvalue weighted by Gasteiger charge is -2.43. The second-order valence-corrected chi connectivity index (χ2v) is 6.65. The van der Waals surface area contributed by atoms with Gasteiger partial charge in [0.05, 0.1) is 0 Å². The fraction of sp³-hybridized carbons (Fsp3) is 0.600. The molecule has 0 bridgehead atoms. The van der Waals surface area contributed by atoms with E-state index in [4.69, 9.17) is 5.73 Å². The normalized spacial score (nSPS) is 16.2. The summed E-state index contributed by atoms with van der Waals surface area (Å²) in [5, 5.41) is 9.48. The number of hydrogen-bond acceptors (Lipinski definition) is 5. The number of carbonyl (C=O) groups excluding carboxylic acids is 1. The lowest BCUT2D eigenvalue weighted by molar-refractivity contribution is 0.0615. The molecule has 1 aliphatic heterocycles. The lowest BCUT2D eigenvalue weighted by atomic mass is 9.97. The van der Waals surface area contributed by atoms with Gasteiger partial charge in [0.1, 0.15) is 5.69 Å². The van der Waals surface area contributed by atoms with E-state index >= 15 is 0 Å². The molecule has 2 heterocycles. The molecule has 0 spiro atoms. The summed E-state index contributed by atoms with van der Waals surface area (Å²) in [7, 11) is 0. The van der Waals surface area contributed by atoms with Gasteiger partial charge in [-0.25, -0.2) is 14.8 Å². The van der Waals surface area contributed by atoms with Gasteiger partial charge in [0.25, 0.3) is 5.91 Å². The van der Waals surface area contributed by atoms with Crippen molar-refractivity contribution in [3.8, 4) is 0 Å². The first kappa shape index (κ1) is 17.0. The molecule has 2 amide bonds. The van der Waals surface area contributed by atoms with Gasteiger partial charge in [0.2, 0.25) is 5.95 Å². The third-order valence-electron chi connectivity index (χ3n) is 3.94. The van der Waals surface area contributed by atoms with Crippen LogP contribution in [0.4, 0.5) is 10.7 Å². The summed E-state index contributed by atoms with van der Waals surface area (Å²) >= 11 is 0. The Morgan fingerprint density at radius 2 is 1.96 bits per heavy atom. The van der Waals surface area contributed by atoms with E-state index in [0.717, 1.165) is 0 Å². The highest BCUT2D eigenvalue weighted by atomic mass is 16.4. The predicted molar refractivity (Wildman–Crippen MR) is 85.4 cm³/mol. The largest absolute Gasteiger partial charge is 0.465 e. The minimum atomic E-state index is -0.900. The number of hydrogen-bond donors (Lipinski definition) is 2. The molecule has 23 heavy (non-hydrogen) atoms. The monoisotopic (exact) mass is 321 g/mol. The number of carboxylic acid groups (broad SMARTS) is 1. The maximum absolute atomic E-state index is 11.6. The van der Waals surface area contributed by atoms with E-state index in [9.17, 15) is 14.7 Å². The zero-order chi connectivity index (χ0) is 17.2. The highest BCUT2D eigenvalue weighted by Crippen LogP contribution is 2.26. The molecule has 1 aromatic rings. The Labute approximate surface area is 135 Å². The summed E-state index contributed by atoms with van der Waals surface area (Å²) in [5.74, 6) is -0.134. The average molecular weight is 321 g/mol. The molecule has 126 valence electrons. The molecule has 3 N–H and O–H groups in total. The van der Waals surface area contributed by atoms with E-state index in [1.807, 2.05) is 25.7 Å². The third kappa shape index (κ3) is 3.88. The van der Waals surface area contributed by atoms with Gasteiger partial charge in [-0.3, -0.25) is 4.79 Å². The maximum Gasteiger partial charge on any atom is 0.407 e. The number of piperidine rings is 1. The van der Waals surface area contributed by atoms with Crippen molar-refractivity contribution in [2.45, 2.75) is 45.2 Å². The summed E-state index contributed by atoms with van der Waals surface area (Å²) in [4.78, 5) is 34.6. The first-order valence-corrected chi connectivity index (χ1v) is 7.60. The summed E-state index contributed by atoms with van der Waals surface area (Å²) < 4.78 is 0. The molecule has 8 heteroatoms. The quantitative estimate of drug-likeness (QED) is 0.868. The molecule has 2 rings (SSSR count). The van der Waals surface area contributed by atoms with Gasteiger partial charge in [-0.05, 0) is 39.7 Å². The molecule has 1 saturated heterocycles. The van der Waals surface area contributed by atoms with Crippen molar-refractivity contribution in [2.75, 3.05) is 18.0 Å². The van der Waals surface area contributed by atoms with Crippen molar-refractivity contribution < 1.29 is 14.7 Å². The molecule has 1 aromatic heterocycles. The molecule has 0 saturated carbocycles. The van der Waals surface area contributed by atoms with Gasteiger partial charge >= 0.3 is 6.09 Å². The van der Waals surface area contributed by atoms with E-state index in [1.165, 1.54) is 17.2 Å². The number of rotatable bonds is 3. The molecule has 0 aliphatic carbocycles. The van der Waals surface area contributed by atoms with Crippen molar-refractivity contribution in [3.63, 3.8) is 0 Å². The van der Waals surface area contributed by atoms with Gasteiger partial charge in [0.15, 0.2) is 0 Å². The number of carbonyl (C=O) groups is 2. The number of nitrogens with zero attached hydrogens (tertiary/aromatic N) is 4. The molecule has 0 atom stereocenters. The van der Waals surface area contributed by atoms with Crippen LogP contribution in [-0.2, 0) is 0 Å². The first-order chi connectivity index (χ1) is 10.7. The minimum absolute atomic E-state index is 0.0388.